The predicted molar refractivity (Wildman–Crippen MR) is 93.9 cm³/mol. The number of hydrogen-bond donors (Lipinski definition) is 1. The number of rotatable bonds is 5. The summed E-state index contributed by atoms with van der Waals surface area (Å²) in [5.74, 6) is 1.66. The molecule has 0 saturated heterocycles. The Kier molecular flexibility index (Phi) is 6.31. The van der Waals surface area contributed by atoms with Crippen LogP contribution in [0.25, 0.3) is 0 Å². The van der Waals surface area contributed by atoms with Crippen molar-refractivity contribution in [3.8, 4) is 5.75 Å². The maximum absolute atomic E-state index is 12.4. The van der Waals surface area contributed by atoms with Crippen molar-refractivity contribution in [1.82, 2.24) is 10.2 Å². The summed E-state index contributed by atoms with van der Waals surface area (Å²) in [5, 5.41) is 3.12. The van der Waals surface area contributed by atoms with Crippen molar-refractivity contribution in [3.05, 3.63) is 29.8 Å². The van der Waals surface area contributed by atoms with Crippen molar-refractivity contribution >= 4 is 6.03 Å². The molecule has 23 heavy (non-hydrogen) atoms. The number of amides is 2. The fourth-order valence-electron chi connectivity index (χ4n) is 3.31. The number of carbonyl (C=O) groups is 1. The highest BCUT2D eigenvalue weighted by molar-refractivity contribution is 5.74. The van der Waals surface area contributed by atoms with Crippen LogP contribution >= 0.6 is 0 Å². The Hall–Kier alpha value is -1.71. The summed E-state index contributed by atoms with van der Waals surface area (Å²) < 4.78 is 5.25. The summed E-state index contributed by atoms with van der Waals surface area (Å²) in [5.41, 5.74) is 1.17. The van der Waals surface area contributed by atoms with Crippen molar-refractivity contribution < 1.29 is 9.53 Å². The molecule has 1 aromatic rings. The first kappa shape index (κ1) is 17.6. The van der Waals surface area contributed by atoms with Gasteiger partial charge in [-0.2, -0.15) is 0 Å². The van der Waals surface area contributed by atoms with E-state index in [2.05, 4.69) is 18.3 Å². The summed E-state index contributed by atoms with van der Waals surface area (Å²) in [6.07, 6.45) is 5.49. The lowest BCUT2D eigenvalue weighted by Crippen LogP contribution is -2.48. The Labute approximate surface area is 140 Å². The third-order valence-electron chi connectivity index (χ3n) is 4.90. The molecule has 1 aliphatic rings. The SMILES string of the molecule is COc1cccc(CC(C)NC(=O)N(C)C2CCC(C)CC2)c1. The number of nitrogens with one attached hydrogen (secondary N) is 1. The van der Waals surface area contributed by atoms with Gasteiger partial charge in [0.2, 0.25) is 0 Å². The van der Waals surface area contributed by atoms with E-state index in [1.54, 1.807) is 7.11 Å². The van der Waals surface area contributed by atoms with Crippen LogP contribution in [0.15, 0.2) is 24.3 Å². The zero-order valence-electron chi connectivity index (χ0n) is 14.8. The van der Waals surface area contributed by atoms with Gasteiger partial charge in [0.15, 0.2) is 0 Å². The van der Waals surface area contributed by atoms with Gasteiger partial charge in [-0.15, -0.1) is 0 Å². The number of ether oxygens (including phenoxy) is 1. The van der Waals surface area contributed by atoms with Gasteiger partial charge < -0.3 is 15.0 Å². The molecule has 0 radical (unpaired) electrons. The highest BCUT2D eigenvalue weighted by Gasteiger charge is 2.25. The number of hydrogen-bond acceptors (Lipinski definition) is 2. The molecule has 1 fully saturated rings. The van der Waals surface area contributed by atoms with Crippen LogP contribution in [0, 0.1) is 5.92 Å². The molecule has 1 N–H and O–H groups in total. The summed E-state index contributed by atoms with van der Waals surface area (Å²) in [6, 6.07) is 8.53. The van der Waals surface area contributed by atoms with Crippen molar-refractivity contribution in [3.63, 3.8) is 0 Å². The first-order chi connectivity index (χ1) is 11.0. The van der Waals surface area contributed by atoms with Crippen molar-refractivity contribution in [1.29, 1.82) is 0 Å². The molecule has 4 nitrogen and oxygen atoms in total. The second kappa shape index (κ2) is 8.23. The second-order valence-electron chi connectivity index (χ2n) is 6.93. The average molecular weight is 318 g/mol. The minimum Gasteiger partial charge on any atom is -0.497 e. The normalized spacial score (nSPS) is 22.3. The number of benzene rings is 1. The van der Waals surface area contributed by atoms with Crippen LogP contribution in [0.1, 0.15) is 45.1 Å². The van der Waals surface area contributed by atoms with Gasteiger partial charge in [-0.3, -0.25) is 0 Å². The molecule has 0 bridgehead atoms. The minimum absolute atomic E-state index is 0.0416. The minimum atomic E-state index is 0.0416. The zero-order chi connectivity index (χ0) is 16.8. The third-order valence-corrected chi connectivity index (χ3v) is 4.90. The van der Waals surface area contributed by atoms with Gasteiger partial charge in [0.1, 0.15) is 5.75 Å². The molecule has 0 aromatic heterocycles. The van der Waals surface area contributed by atoms with Crippen LogP contribution in [-0.4, -0.2) is 37.2 Å². The van der Waals surface area contributed by atoms with Gasteiger partial charge in [0.05, 0.1) is 7.11 Å². The van der Waals surface area contributed by atoms with Crippen LogP contribution in [0.3, 0.4) is 0 Å². The maximum atomic E-state index is 12.4. The van der Waals surface area contributed by atoms with Crippen LogP contribution < -0.4 is 10.1 Å². The Bertz CT molecular complexity index is 510. The van der Waals surface area contributed by atoms with Crippen LogP contribution in [0.2, 0.25) is 0 Å². The van der Waals surface area contributed by atoms with E-state index < -0.39 is 0 Å². The van der Waals surface area contributed by atoms with E-state index in [1.165, 1.54) is 18.4 Å². The van der Waals surface area contributed by atoms with Crippen LogP contribution in [0.4, 0.5) is 4.79 Å². The molecular weight excluding hydrogens is 288 g/mol. The fraction of sp³-hybridized carbons (Fsp3) is 0.632. The lowest BCUT2D eigenvalue weighted by Gasteiger charge is -2.34. The summed E-state index contributed by atoms with van der Waals surface area (Å²) in [4.78, 5) is 14.3. The average Bonchev–Trinajstić information content (AvgIpc) is 2.54. The van der Waals surface area contributed by atoms with Gasteiger partial charge >= 0.3 is 6.03 Å². The van der Waals surface area contributed by atoms with E-state index in [0.29, 0.717) is 6.04 Å². The highest BCUT2D eigenvalue weighted by atomic mass is 16.5. The summed E-state index contributed by atoms with van der Waals surface area (Å²) in [6.45, 7) is 4.35. The largest absolute Gasteiger partial charge is 0.497 e. The predicted octanol–water partition coefficient (Wildman–Crippen LogP) is 3.85. The molecule has 1 saturated carbocycles. The summed E-state index contributed by atoms with van der Waals surface area (Å²) >= 11 is 0. The standard InChI is InChI=1S/C19H30N2O2/c1-14-8-10-17(11-9-14)21(3)19(22)20-15(2)12-16-6-5-7-18(13-16)23-4/h5-7,13-15,17H,8-12H2,1-4H3,(H,20,22). The van der Waals surface area contributed by atoms with Gasteiger partial charge in [-0.05, 0) is 62.6 Å². The van der Waals surface area contributed by atoms with Crippen LogP contribution in [-0.2, 0) is 6.42 Å². The lowest BCUT2D eigenvalue weighted by molar-refractivity contribution is 0.161. The van der Waals surface area contributed by atoms with Crippen molar-refractivity contribution in [2.45, 2.75) is 58.0 Å². The van der Waals surface area contributed by atoms with Crippen molar-refractivity contribution in [2.24, 2.45) is 5.92 Å². The molecule has 0 heterocycles. The quantitative estimate of drug-likeness (QED) is 0.896. The monoisotopic (exact) mass is 318 g/mol. The molecule has 1 aromatic carbocycles. The smallest absolute Gasteiger partial charge is 0.317 e. The molecule has 4 heteroatoms. The molecule has 2 rings (SSSR count). The Balaban J connectivity index is 1.83. The van der Waals surface area contributed by atoms with Gasteiger partial charge in [-0.1, -0.05) is 19.1 Å². The molecule has 1 aliphatic carbocycles. The number of nitrogens with zero attached hydrogens (tertiary/aromatic N) is 1. The highest BCUT2D eigenvalue weighted by Crippen LogP contribution is 2.26. The van der Waals surface area contributed by atoms with Crippen molar-refractivity contribution in [2.75, 3.05) is 14.2 Å². The maximum Gasteiger partial charge on any atom is 0.317 e. The van der Waals surface area contributed by atoms with E-state index >= 15 is 0 Å². The lowest BCUT2D eigenvalue weighted by atomic mass is 9.87. The van der Waals surface area contributed by atoms with E-state index in [0.717, 1.165) is 30.9 Å². The molecule has 1 atom stereocenters. The first-order valence-corrected chi connectivity index (χ1v) is 8.66. The molecule has 0 aliphatic heterocycles. The number of methoxy groups -OCH3 is 1. The van der Waals surface area contributed by atoms with E-state index in [9.17, 15) is 4.79 Å². The number of carbonyl (C=O) groups excluding carboxylic acids is 1. The van der Waals surface area contributed by atoms with Gasteiger partial charge in [0, 0.05) is 19.1 Å². The number of urea groups is 1. The van der Waals surface area contributed by atoms with E-state index in [4.69, 9.17) is 4.74 Å². The Morgan fingerprint density at radius 3 is 2.70 bits per heavy atom. The molecule has 1 unspecified atom stereocenters. The third kappa shape index (κ3) is 5.15. The van der Waals surface area contributed by atoms with Crippen LogP contribution in [0.5, 0.6) is 5.75 Å². The summed E-state index contributed by atoms with van der Waals surface area (Å²) in [7, 11) is 3.60. The Morgan fingerprint density at radius 2 is 2.04 bits per heavy atom. The van der Waals surface area contributed by atoms with Gasteiger partial charge in [0.25, 0.3) is 0 Å². The molecule has 0 spiro atoms. The van der Waals surface area contributed by atoms with Gasteiger partial charge in [-0.25, -0.2) is 4.79 Å². The fourth-order valence-corrected chi connectivity index (χ4v) is 3.31. The second-order valence-corrected chi connectivity index (χ2v) is 6.93. The molecule has 128 valence electrons. The zero-order valence-corrected chi connectivity index (χ0v) is 14.8. The van der Waals surface area contributed by atoms with E-state index in [-0.39, 0.29) is 12.1 Å². The Morgan fingerprint density at radius 1 is 1.35 bits per heavy atom. The molecular formula is C19H30N2O2. The molecule has 2 amide bonds. The topological polar surface area (TPSA) is 41.6 Å². The van der Waals surface area contributed by atoms with E-state index in [1.807, 2.05) is 37.1 Å². The first-order valence-electron chi connectivity index (χ1n) is 8.66.